The minimum atomic E-state index is -0.617. The van der Waals surface area contributed by atoms with Crippen LogP contribution in [0.15, 0.2) is 74.9 Å². The maximum atomic E-state index is 12.6. The van der Waals surface area contributed by atoms with Gasteiger partial charge in [0.1, 0.15) is 5.56 Å². The molecule has 1 amide bonds. The quantitative estimate of drug-likeness (QED) is 0.613. The highest BCUT2D eigenvalue weighted by Crippen LogP contribution is 2.22. The highest BCUT2D eigenvalue weighted by atomic mass is 16.3. The normalized spacial score (nSPS) is 13.7. The average molecular weight is 430 g/mol. The van der Waals surface area contributed by atoms with Gasteiger partial charge in [0.05, 0.1) is 11.1 Å². The number of benzene rings is 2. The van der Waals surface area contributed by atoms with E-state index in [1.165, 1.54) is 20.2 Å². The van der Waals surface area contributed by atoms with Gasteiger partial charge in [-0.25, -0.2) is 9.79 Å². The Bertz CT molecular complexity index is 1480. The zero-order chi connectivity index (χ0) is 22.8. The number of fused-ring (bicyclic) bond motifs is 1. The number of nitrogens with one attached hydrogen (secondary N) is 1. The molecule has 2 aromatic carbocycles. The van der Waals surface area contributed by atoms with Gasteiger partial charge >= 0.3 is 5.69 Å². The monoisotopic (exact) mass is 430 g/mol. The summed E-state index contributed by atoms with van der Waals surface area (Å²) in [7, 11) is 2.75. The highest BCUT2D eigenvalue weighted by Gasteiger charge is 2.18. The van der Waals surface area contributed by atoms with Gasteiger partial charge in [-0.1, -0.05) is 36.4 Å². The molecule has 162 valence electrons. The summed E-state index contributed by atoms with van der Waals surface area (Å²) in [5.74, 6) is -0.599. The van der Waals surface area contributed by atoms with E-state index in [1.54, 1.807) is 24.3 Å². The van der Waals surface area contributed by atoms with Gasteiger partial charge in [-0.05, 0) is 36.3 Å². The number of aromatic hydroxyl groups is 1. The summed E-state index contributed by atoms with van der Waals surface area (Å²) in [6.45, 7) is 0.363. The van der Waals surface area contributed by atoms with E-state index in [2.05, 4.69) is 10.3 Å². The van der Waals surface area contributed by atoms with Gasteiger partial charge in [0.25, 0.3) is 11.5 Å². The lowest BCUT2D eigenvalue weighted by Crippen LogP contribution is -2.38. The number of aromatic nitrogens is 2. The number of carbonyl (C=O) groups excluding carboxylic acids is 1. The number of allylic oxidation sites excluding steroid dienone is 1. The predicted octanol–water partition coefficient (Wildman–Crippen LogP) is 0.435. The molecule has 0 saturated heterocycles. The molecule has 0 unspecified atom stereocenters. The number of hydrogen-bond donors (Lipinski definition) is 2. The Balaban J connectivity index is 1.70. The minimum Gasteiger partial charge on any atom is -0.494 e. The molecule has 1 aromatic heterocycles. The number of hydrogen-bond acceptors (Lipinski definition) is 5. The largest absolute Gasteiger partial charge is 0.494 e. The number of carbonyl (C=O) groups is 1. The van der Waals surface area contributed by atoms with Crippen molar-refractivity contribution in [1.29, 1.82) is 0 Å². The maximum Gasteiger partial charge on any atom is 0.333 e. The van der Waals surface area contributed by atoms with Crippen LogP contribution in [0.25, 0.3) is 11.6 Å². The second-order valence-corrected chi connectivity index (χ2v) is 7.45. The third kappa shape index (κ3) is 3.78. The Labute approximate surface area is 183 Å². The summed E-state index contributed by atoms with van der Waals surface area (Å²) >= 11 is 0. The SMILES string of the molecule is Cn1c(O)c(C=C2N=c3ccccc3=C2CCNC(=O)c2ccccc2)c(=O)n(C)c1=O. The lowest BCUT2D eigenvalue weighted by molar-refractivity contribution is 0.0954. The molecule has 32 heavy (non-hydrogen) atoms. The predicted molar refractivity (Wildman–Crippen MR) is 121 cm³/mol. The van der Waals surface area contributed by atoms with Crippen molar-refractivity contribution in [1.82, 2.24) is 14.5 Å². The Kier molecular flexibility index (Phi) is 5.59. The molecule has 0 aliphatic carbocycles. The molecule has 2 heterocycles. The Hall–Kier alpha value is -4.20. The van der Waals surface area contributed by atoms with E-state index in [4.69, 9.17) is 0 Å². The molecule has 1 aliphatic rings. The standard InChI is InChI=1S/C24H22N4O4/c1-27-22(30)18(23(31)28(2)24(27)32)14-20-17(16-10-6-7-11-19(16)26-20)12-13-25-21(29)15-8-4-3-5-9-15/h3-11,14,30H,12-13H2,1-2H3,(H,25,29). The third-order valence-corrected chi connectivity index (χ3v) is 5.42. The lowest BCUT2D eigenvalue weighted by Gasteiger charge is -2.10. The first-order valence-corrected chi connectivity index (χ1v) is 10.1. The number of para-hydroxylation sites is 1. The molecule has 0 saturated carbocycles. The lowest BCUT2D eigenvalue weighted by atomic mass is 10.1. The van der Waals surface area contributed by atoms with Crippen LogP contribution in [0.3, 0.4) is 0 Å². The van der Waals surface area contributed by atoms with Gasteiger partial charge in [0.2, 0.25) is 5.88 Å². The van der Waals surface area contributed by atoms with Crippen molar-refractivity contribution >= 4 is 17.6 Å². The zero-order valence-corrected chi connectivity index (χ0v) is 17.7. The van der Waals surface area contributed by atoms with Crippen LogP contribution in [0.2, 0.25) is 0 Å². The molecule has 8 nitrogen and oxygen atoms in total. The van der Waals surface area contributed by atoms with Gasteiger partial charge in [0, 0.05) is 31.4 Å². The van der Waals surface area contributed by atoms with Crippen LogP contribution >= 0.6 is 0 Å². The summed E-state index contributed by atoms with van der Waals surface area (Å²) in [5, 5.41) is 15.0. The van der Waals surface area contributed by atoms with Crippen LogP contribution in [0.1, 0.15) is 22.3 Å². The summed E-state index contributed by atoms with van der Waals surface area (Å²) < 4.78 is 1.95. The Morgan fingerprint density at radius 3 is 2.47 bits per heavy atom. The fourth-order valence-corrected chi connectivity index (χ4v) is 3.66. The molecule has 0 spiro atoms. The summed E-state index contributed by atoms with van der Waals surface area (Å²) in [4.78, 5) is 41.6. The van der Waals surface area contributed by atoms with E-state index in [-0.39, 0.29) is 11.5 Å². The van der Waals surface area contributed by atoms with Crippen LogP contribution in [0.4, 0.5) is 0 Å². The summed E-state index contributed by atoms with van der Waals surface area (Å²) in [6, 6.07) is 16.5. The molecule has 1 aliphatic heterocycles. The van der Waals surface area contributed by atoms with Crippen molar-refractivity contribution < 1.29 is 9.90 Å². The van der Waals surface area contributed by atoms with E-state index in [9.17, 15) is 19.5 Å². The summed E-state index contributed by atoms with van der Waals surface area (Å²) in [5.41, 5.74) is 0.668. The van der Waals surface area contributed by atoms with E-state index < -0.39 is 17.1 Å². The van der Waals surface area contributed by atoms with Crippen LogP contribution in [-0.4, -0.2) is 26.7 Å². The van der Waals surface area contributed by atoms with E-state index in [1.807, 2.05) is 30.3 Å². The van der Waals surface area contributed by atoms with Gasteiger partial charge in [0.15, 0.2) is 0 Å². The second kappa shape index (κ2) is 8.50. The molecule has 3 aromatic rings. The second-order valence-electron chi connectivity index (χ2n) is 7.45. The fraction of sp³-hybridized carbons (Fsp3) is 0.167. The third-order valence-electron chi connectivity index (χ3n) is 5.42. The van der Waals surface area contributed by atoms with Gasteiger partial charge < -0.3 is 10.4 Å². The van der Waals surface area contributed by atoms with Crippen molar-refractivity contribution in [2.24, 2.45) is 19.1 Å². The first-order valence-electron chi connectivity index (χ1n) is 10.1. The molecule has 0 fully saturated rings. The molecule has 0 atom stereocenters. The zero-order valence-electron chi connectivity index (χ0n) is 17.7. The average Bonchev–Trinajstić information content (AvgIpc) is 3.17. The van der Waals surface area contributed by atoms with Gasteiger partial charge in [-0.2, -0.15) is 0 Å². The molecule has 8 heteroatoms. The first kappa shape index (κ1) is 21.0. The van der Waals surface area contributed by atoms with Gasteiger partial charge in [-0.3, -0.25) is 18.7 Å². The van der Waals surface area contributed by atoms with Gasteiger partial charge in [-0.15, -0.1) is 0 Å². The number of amides is 1. The van der Waals surface area contributed by atoms with Crippen molar-refractivity contribution in [3.63, 3.8) is 0 Å². The van der Waals surface area contributed by atoms with E-state index in [0.29, 0.717) is 24.2 Å². The fourth-order valence-electron chi connectivity index (χ4n) is 3.66. The van der Waals surface area contributed by atoms with Crippen molar-refractivity contribution in [2.75, 3.05) is 6.54 Å². The van der Waals surface area contributed by atoms with Crippen LogP contribution in [0, 0.1) is 0 Å². The van der Waals surface area contributed by atoms with Crippen molar-refractivity contribution in [3.05, 3.63) is 103 Å². The number of nitrogens with zero attached hydrogens (tertiary/aromatic N) is 3. The van der Waals surface area contributed by atoms with E-state index in [0.717, 1.165) is 25.3 Å². The Morgan fingerprint density at radius 2 is 1.72 bits per heavy atom. The molecule has 4 rings (SSSR count). The maximum absolute atomic E-state index is 12.6. The van der Waals surface area contributed by atoms with Crippen LogP contribution in [-0.2, 0) is 14.1 Å². The molecular weight excluding hydrogens is 408 g/mol. The van der Waals surface area contributed by atoms with Crippen LogP contribution < -0.4 is 27.1 Å². The molecular formula is C24H22N4O4. The van der Waals surface area contributed by atoms with Crippen molar-refractivity contribution in [3.8, 4) is 5.88 Å². The molecule has 0 radical (unpaired) electrons. The Morgan fingerprint density at radius 1 is 1.03 bits per heavy atom. The van der Waals surface area contributed by atoms with E-state index >= 15 is 0 Å². The minimum absolute atomic E-state index is 0.0213. The first-order chi connectivity index (χ1) is 15.4. The topological polar surface area (TPSA) is 106 Å². The van der Waals surface area contributed by atoms with Crippen molar-refractivity contribution in [2.45, 2.75) is 6.42 Å². The molecule has 0 bridgehead atoms. The summed E-state index contributed by atoms with van der Waals surface area (Å²) in [6.07, 6.45) is 1.96. The highest BCUT2D eigenvalue weighted by molar-refractivity contribution is 5.94. The smallest absolute Gasteiger partial charge is 0.333 e. The van der Waals surface area contributed by atoms with Crippen LogP contribution in [0.5, 0.6) is 5.88 Å². The molecule has 2 N–H and O–H groups in total. The number of rotatable bonds is 5.